The second-order valence-corrected chi connectivity index (χ2v) is 4.39. The molecule has 0 aliphatic carbocycles. The molecule has 0 bridgehead atoms. The molecule has 1 rings (SSSR count). The van der Waals surface area contributed by atoms with E-state index in [0.29, 0.717) is 18.3 Å². The van der Waals surface area contributed by atoms with Crippen molar-refractivity contribution in [3.05, 3.63) is 12.2 Å². The maximum absolute atomic E-state index is 11.6. The Hall–Kier alpha value is -0.790. The summed E-state index contributed by atoms with van der Waals surface area (Å²) >= 11 is 0. The number of hydrogen-bond donors (Lipinski definition) is 0. The Kier molecular flexibility index (Phi) is 3.12. The summed E-state index contributed by atoms with van der Waals surface area (Å²) < 4.78 is 0. The van der Waals surface area contributed by atoms with Crippen LogP contribution in [0.5, 0.6) is 0 Å². The normalized spacial score (nSPS) is 27.8. The summed E-state index contributed by atoms with van der Waals surface area (Å²) in [4.78, 5) is 13.6. The summed E-state index contributed by atoms with van der Waals surface area (Å²) in [7, 11) is 0. The third-order valence-corrected chi connectivity index (χ3v) is 2.79. The molecule has 1 heterocycles. The van der Waals surface area contributed by atoms with Crippen molar-refractivity contribution in [3.8, 4) is 0 Å². The zero-order chi connectivity index (χ0) is 10.0. The molecule has 74 valence electrons. The average Bonchev–Trinajstić information content (AvgIpc) is 2.31. The molecule has 0 aromatic heterocycles. The second-order valence-electron chi connectivity index (χ2n) is 4.39. The number of likely N-dealkylation sites (tertiary alicyclic amines) is 1. The molecule has 0 aromatic rings. The van der Waals surface area contributed by atoms with E-state index in [0.717, 1.165) is 18.7 Å². The molecule has 1 fully saturated rings. The van der Waals surface area contributed by atoms with Gasteiger partial charge >= 0.3 is 0 Å². The van der Waals surface area contributed by atoms with E-state index < -0.39 is 0 Å². The molecular formula is C11H19NO. The zero-order valence-electron chi connectivity index (χ0n) is 8.84. The zero-order valence-corrected chi connectivity index (χ0v) is 8.84. The topological polar surface area (TPSA) is 20.3 Å². The van der Waals surface area contributed by atoms with Gasteiger partial charge in [0, 0.05) is 19.5 Å². The molecular weight excluding hydrogens is 162 g/mol. The summed E-state index contributed by atoms with van der Waals surface area (Å²) in [5.74, 6) is 1.53. The van der Waals surface area contributed by atoms with Crippen molar-refractivity contribution in [2.45, 2.75) is 27.2 Å². The van der Waals surface area contributed by atoms with E-state index in [1.54, 1.807) is 0 Å². The van der Waals surface area contributed by atoms with Crippen LogP contribution in [0.25, 0.3) is 0 Å². The Bertz CT molecular complexity index is 212. The highest BCUT2D eigenvalue weighted by Gasteiger charge is 2.28. The molecule has 1 aliphatic rings. The minimum atomic E-state index is 0.240. The minimum absolute atomic E-state index is 0.240. The monoisotopic (exact) mass is 181 g/mol. The molecule has 1 aliphatic heterocycles. The number of carbonyl (C=O) groups excluding carboxylic acids is 1. The summed E-state index contributed by atoms with van der Waals surface area (Å²) in [6, 6.07) is 0. The van der Waals surface area contributed by atoms with Crippen molar-refractivity contribution < 1.29 is 4.79 Å². The summed E-state index contributed by atoms with van der Waals surface area (Å²) in [6.45, 7) is 11.9. The van der Waals surface area contributed by atoms with E-state index in [-0.39, 0.29) is 5.91 Å². The number of amides is 1. The van der Waals surface area contributed by atoms with E-state index in [4.69, 9.17) is 0 Å². The van der Waals surface area contributed by atoms with E-state index in [1.807, 2.05) is 11.8 Å². The summed E-state index contributed by atoms with van der Waals surface area (Å²) in [5, 5.41) is 0. The van der Waals surface area contributed by atoms with Crippen LogP contribution in [0.15, 0.2) is 12.2 Å². The lowest BCUT2D eigenvalue weighted by molar-refractivity contribution is -0.129. The van der Waals surface area contributed by atoms with Gasteiger partial charge in [-0.1, -0.05) is 26.0 Å². The first kappa shape index (κ1) is 10.3. The van der Waals surface area contributed by atoms with Crippen molar-refractivity contribution in [2.75, 3.05) is 13.1 Å². The average molecular weight is 181 g/mol. The van der Waals surface area contributed by atoms with E-state index in [2.05, 4.69) is 20.4 Å². The van der Waals surface area contributed by atoms with Crippen LogP contribution >= 0.6 is 0 Å². The molecule has 2 atom stereocenters. The van der Waals surface area contributed by atoms with Gasteiger partial charge in [-0.2, -0.15) is 0 Å². The first-order valence-corrected chi connectivity index (χ1v) is 4.93. The first-order chi connectivity index (χ1) is 6.00. The molecule has 0 N–H and O–H groups in total. The molecule has 2 nitrogen and oxygen atoms in total. The standard InChI is InChI=1S/C11H19NO/c1-8(2)5-11(13)12-6-9(3)10(4)7-12/h9-10H,1,5-7H2,2-4H3. The molecule has 1 saturated heterocycles. The fourth-order valence-corrected chi connectivity index (χ4v) is 1.70. The maximum Gasteiger partial charge on any atom is 0.226 e. The molecule has 2 unspecified atom stereocenters. The lowest BCUT2D eigenvalue weighted by Gasteiger charge is -2.15. The van der Waals surface area contributed by atoms with Gasteiger partial charge in [-0.05, 0) is 18.8 Å². The molecule has 0 saturated carbocycles. The summed E-state index contributed by atoms with van der Waals surface area (Å²) in [6.07, 6.45) is 0.513. The number of nitrogens with zero attached hydrogens (tertiary/aromatic N) is 1. The molecule has 13 heavy (non-hydrogen) atoms. The Balaban J connectivity index is 2.46. The SMILES string of the molecule is C=C(C)CC(=O)N1CC(C)C(C)C1. The molecule has 2 heteroatoms. The number of rotatable bonds is 2. The van der Waals surface area contributed by atoms with Crippen LogP contribution in [0.2, 0.25) is 0 Å². The van der Waals surface area contributed by atoms with Crippen molar-refractivity contribution in [2.24, 2.45) is 11.8 Å². The lowest BCUT2D eigenvalue weighted by Crippen LogP contribution is -2.28. The van der Waals surface area contributed by atoms with Crippen LogP contribution in [0.3, 0.4) is 0 Å². The van der Waals surface area contributed by atoms with Gasteiger partial charge in [-0.25, -0.2) is 0 Å². The van der Waals surface area contributed by atoms with Gasteiger partial charge < -0.3 is 4.90 Å². The Labute approximate surface area is 80.6 Å². The largest absolute Gasteiger partial charge is 0.342 e. The quantitative estimate of drug-likeness (QED) is 0.597. The van der Waals surface area contributed by atoms with Crippen LogP contribution in [0, 0.1) is 11.8 Å². The number of hydrogen-bond acceptors (Lipinski definition) is 1. The third-order valence-electron chi connectivity index (χ3n) is 2.79. The van der Waals surface area contributed by atoms with Crippen LogP contribution in [-0.4, -0.2) is 23.9 Å². The number of carbonyl (C=O) groups is 1. The van der Waals surface area contributed by atoms with Crippen molar-refractivity contribution in [1.29, 1.82) is 0 Å². The van der Waals surface area contributed by atoms with E-state index >= 15 is 0 Å². The highest BCUT2D eigenvalue weighted by molar-refractivity contribution is 5.78. The lowest BCUT2D eigenvalue weighted by atomic mass is 10.0. The van der Waals surface area contributed by atoms with Crippen molar-refractivity contribution >= 4 is 5.91 Å². The fourth-order valence-electron chi connectivity index (χ4n) is 1.70. The van der Waals surface area contributed by atoms with Gasteiger partial charge in [0.25, 0.3) is 0 Å². The van der Waals surface area contributed by atoms with Crippen LogP contribution < -0.4 is 0 Å². The smallest absolute Gasteiger partial charge is 0.226 e. The predicted molar refractivity (Wildman–Crippen MR) is 54.3 cm³/mol. The Morgan fingerprint density at radius 2 is 1.85 bits per heavy atom. The summed E-state index contributed by atoms with van der Waals surface area (Å²) in [5.41, 5.74) is 0.956. The molecule has 0 aromatic carbocycles. The van der Waals surface area contributed by atoms with Gasteiger partial charge in [-0.15, -0.1) is 0 Å². The van der Waals surface area contributed by atoms with Gasteiger partial charge in [0.15, 0.2) is 0 Å². The fraction of sp³-hybridized carbons (Fsp3) is 0.727. The van der Waals surface area contributed by atoms with Gasteiger partial charge in [-0.3, -0.25) is 4.79 Å². The predicted octanol–water partition coefficient (Wildman–Crippen LogP) is 2.07. The van der Waals surface area contributed by atoms with E-state index in [1.165, 1.54) is 0 Å². The van der Waals surface area contributed by atoms with Crippen LogP contribution in [-0.2, 0) is 4.79 Å². The van der Waals surface area contributed by atoms with Gasteiger partial charge in [0.05, 0.1) is 0 Å². The highest BCUT2D eigenvalue weighted by atomic mass is 16.2. The highest BCUT2D eigenvalue weighted by Crippen LogP contribution is 2.22. The van der Waals surface area contributed by atoms with Crippen LogP contribution in [0.4, 0.5) is 0 Å². The molecule has 0 radical (unpaired) electrons. The van der Waals surface area contributed by atoms with Crippen molar-refractivity contribution in [1.82, 2.24) is 4.90 Å². The minimum Gasteiger partial charge on any atom is -0.342 e. The Morgan fingerprint density at radius 1 is 1.38 bits per heavy atom. The molecule has 1 amide bonds. The van der Waals surface area contributed by atoms with Gasteiger partial charge in [0.2, 0.25) is 5.91 Å². The third kappa shape index (κ3) is 2.58. The Morgan fingerprint density at radius 3 is 2.23 bits per heavy atom. The van der Waals surface area contributed by atoms with E-state index in [9.17, 15) is 4.79 Å². The second kappa shape index (κ2) is 3.95. The van der Waals surface area contributed by atoms with Crippen LogP contribution in [0.1, 0.15) is 27.2 Å². The first-order valence-electron chi connectivity index (χ1n) is 4.93. The van der Waals surface area contributed by atoms with Crippen molar-refractivity contribution in [3.63, 3.8) is 0 Å². The molecule has 0 spiro atoms. The maximum atomic E-state index is 11.6. The van der Waals surface area contributed by atoms with Gasteiger partial charge in [0.1, 0.15) is 0 Å².